The highest BCUT2D eigenvalue weighted by atomic mass is 16.6. The molecule has 0 aromatic carbocycles. The van der Waals surface area contributed by atoms with Crippen LogP contribution in [0.5, 0.6) is 0 Å². The van der Waals surface area contributed by atoms with Crippen molar-refractivity contribution in [3.8, 4) is 0 Å². The third-order valence-corrected chi connectivity index (χ3v) is 3.95. The van der Waals surface area contributed by atoms with Gasteiger partial charge in [-0.1, -0.05) is 0 Å². The molecule has 0 radical (unpaired) electrons. The number of aromatic nitrogens is 1. The van der Waals surface area contributed by atoms with Crippen LogP contribution in [-0.4, -0.2) is 29.6 Å². The normalized spacial score (nSPS) is 25.7. The SMILES string of the molecule is O=[N+]([O-])c1ccc(C2OCC23CCNCC3)cn1. The van der Waals surface area contributed by atoms with Gasteiger partial charge in [0.05, 0.1) is 12.7 Å². The molecule has 2 saturated heterocycles. The molecule has 6 heteroatoms. The summed E-state index contributed by atoms with van der Waals surface area (Å²) in [7, 11) is 0. The summed E-state index contributed by atoms with van der Waals surface area (Å²) >= 11 is 0. The predicted molar refractivity (Wildman–Crippen MR) is 64.1 cm³/mol. The molecule has 6 nitrogen and oxygen atoms in total. The van der Waals surface area contributed by atoms with Crippen LogP contribution in [0.2, 0.25) is 0 Å². The molecule has 18 heavy (non-hydrogen) atoms. The number of pyridine rings is 1. The minimum Gasteiger partial charge on any atom is -0.372 e. The van der Waals surface area contributed by atoms with Gasteiger partial charge in [-0.3, -0.25) is 0 Å². The highest BCUT2D eigenvalue weighted by Crippen LogP contribution is 2.51. The lowest BCUT2D eigenvalue weighted by Crippen LogP contribution is -2.51. The van der Waals surface area contributed by atoms with Crippen LogP contribution in [0.25, 0.3) is 0 Å². The second kappa shape index (κ2) is 4.29. The molecule has 3 heterocycles. The fraction of sp³-hybridized carbons (Fsp3) is 0.583. The molecule has 1 atom stereocenters. The van der Waals surface area contributed by atoms with Gasteiger partial charge >= 0.3 is 5.82 Å². The van der Waals surface area contributed by atoms with Gasteiger partial charge in [0.15, 0.2) is 0 Å². The molecule has 1 aromatic rings. The third-order valence-electron chi connectivity index (χ3n) is 3.95. The smallest absolute Gasteiger partial charge is 0.363 e. The summed E-state index contributed by atoms with van der Waals surface area (Å²) in [5.41, 5.74) is 1.16. The quantitative estimate of drug-likeness (QED) is 0.633. The van der Waals surface area contributed by atoms with Crippen molar-refractivity contribution < 1.29 is 9.66 Å². The predicted octanol–water partition coefficient (Wildman–Crippen LogP) is 1.43. The Morgan fingerprint density at radius 1 is 1.44 bits per heavy atom. The number of hydrogen-bond acceptors (Lipinski definition) is 5. The van der Waals surface area contributed by atoms with E-state index in [1.807, 2.05) is 0 Å². The minimum absolute atomic E-state index is 0.0490. The van der Waals surface area contributed by atoms with Gasteiger partial charge in [-0.2, -0.15) is 0 Å². The molecule has 2 aliphatic heterocycles. The lowest BCUT2D eigenvalue weighted by atomic mass is 9.69. The van der Waals surface area contributed by atoms with Crippen molar-refractivity contribution in [3.63, 3.8) is 0 Å². The monoisotopic (exact) mass is 249 g/mol. The van der Waals surface area contributed by atoms with Crippen molar-refractivity contribution in [2.24, 2.45) is 5.41 Å². The summed E-state index contributed by atoms with van der Waals surface area (Å²) in [5.74, 6) is -0.113. The molecule has 96 valence electrons. The van der Waals surface area contributed by atoms with Crippen LogP contribution in [0.1, 0.15) is 24.5 Å². The van der Waals surface area contributed by atoms with Crippen molar-refractivity contribution in [1.29, 1.82) is 0 Å². The molecule has 0 amide bonds. The Morgan fingerprint density at radius 2 is 2.22 bits per heavy atom. The number of ether oxygens (including phenoxy) is 1. The van der Waals surface area contributed by atoms with Crippen molar-refractivity contribution in [3.05, 3.63) is 34.0 Å². The lowest BCUT2D eigenvalue weighted by Gasteiger charge is -2.51. The van der Waals surface area contributed by atoms with Gasteiger partial charge in [0, 0.05) is 17.0 Å². The average Bonchev–Trinajstić information content (AvgIpc) is 2.39. The van der Waals surface area contributed by atoms with Crippen LogP contribution in [0.3, 0.4) is 0 Å². The maximum atomic E-state index is 10.6. The molecule has 0 saturated carbocycles. The Hall–Kier alpha value is -1.53. The van der Waals surface area contributed by atoms with Crippen LogP contribution in [-0.2, 0) is 4.74 Å². The van der Waals surface area contributed by atoms with Crippen LogP contribution in [0, 0.1) is 15.5 Å². The first kappa shape index (κ1) is 11.6. The van der Waals surface area contributed by atoms with E-state index in [1.165, 1.54) is 6.07 Å². The zero-order valence-electron chi connectivity index (χ0n) is 9.96. The van der Waals surface area contributed by atoms with Crippen molar-refractivity contribution in [2.45, 2.75) is 18.9 Å². The number of rotatable bonds is 2. The van der Waals surface area contributed by atoms with E-state index < -0.39 is 4.92 Å². The topological polar surface area (TPSA) is 77.3 Å². The largest absolute Gasteiger partial charge is 0.372 e. The minimum atomic E-state index is -0.480. The molecule has 3 rings (SSSR count). The Bertz CT molecular complexity index is 454. The molecule has 2 fully saturated rings. The van der Waals surface area contributed by atoms with E-state index >= 15 is 0 Å². The highest BCUT2D eigenvalue weighted by molar-refractivity contribution is 5.27. The van der Waals surface area contributed by atoms with Gasteiger partial charge < -0.3 is 20.2 Å². The summed E-state index contributed by atoms with van der Waals surface area (Å²) in [6.07, 6.45) is 3.81. The van der Waals surface area contributed by atoms with E-state index in [0.717, 1.165) is 38.1 Å². The van der Waals surface area contributed by atoms with Gasteiger partial charge in [0.1, 0.15) is 6.20 Å². The summed E-state index contributed by atoms with van der Waals surface area (Å²) in [4.78, 5) is 13.9. The molecule has 0 bridgehead atoms. The van der Waals surface area contributed by atoms with Crippen molar-refractivity contribution >= 4 is 5.82 Å². The Kier molecular flexibility index (Phi) is 2.76. The molecular weight excluding hydrogens is 234 g/mol. The van der Waals surface area contributed by atoms with Crippen LogP contribution in [0.4, 0.5) is 5.82 Å². The third kappa shape index (κ3) is 1.77. The maximum Gasteiger partial charge on any atom is 0.363 e. The molecule has 0 aliphatic carbocycles. The zero-order valence-corrected chi connectivity index (χ0v) is 9.96. The Morgan fingerprint density at radius 3 is 2.72 bits per heavy atom. The second-order valence-electron chi connectivity index (χ2n) is 5.01. The standard InChI is InChI=1S/C12H15N3O3/c16-15(17)10-2-1-9(7-14-10)11-12(8-18-11)3-5-13-6-4-12/h1-2,7,11,13H,3-6,8H2. The molecule has 1 aromatic heterocycles. The second-order valence-corrected chi connectivity index (χ2v) is 5.01. The van der Waals surface area contributed by atoms with Gasteiger partial charge in [0.25, 0.3) is 0 Å². The van der Waals surface area contributed by atoms with Gasteiger partial charge in [-0.05, 0) is 41.9 Å². The first-order valence-electron chi connectivity index (χ1n) is 6.14. The van der Waals surface area contributed by atoms with E-state index in [2.05, 4.69) is 10.3 Å². The van der Waals surface area contributed by atoms with Crippen molar-refractivity contribution in [1.82, 2.24) is 10.3 Å². The Balaban J connectivity index is 1.80. The fourth-order valence-electron chi connectivity index (χ4n) is 2.84. The van der Waals surface area contributed by atoms with Crippen LogP contribution < -0.4 is 5.32 Å². The maximum absolute atomic E-state index is 10.6. The Labute approximate surface area is 105 Å². The van der Waals surface area contributed by atoms with Gasteiger partial charge in [-0.15, -0.1) is 0 Å². The number of nitrogens with one attached hydrogen (secondary N) is 1. The number of nitro groups is 1. The summed E-state index contributed by atoms with van der Waals surface area (Å²) in [6, 6.07) is 3.21. The fourth-order valence-corrected chi connectivity index (χ4v) is 2.84. The van der Waals surface area contributed by atoms with E-state index in [1.54, 1.807) is 12.3 Å². The summed E-state index contributed by atoms with van der Waals surface area (Å²) in [5, 5.41) is 13.9. The van der Waals surface area contributed by atoms with Crippen LogP contribution >= 0.6 is 0 Å². The zero-order chi connectivity index (χ0) is 12.6. The lowest BCUT2D eigenvalue weighted by molar-refractivity contribution is -0.389. The van der Waals surface area contributed by atoms with Crippen molar-refractivity contribution in [2.75, 3.05) is 19.7 Å². The van der Waals surface area contributed by atoms with Crippen LogP contribution in [0.15, 0.2) is 18.3 Å². The van der Waals surface area contributed by atoms with Gasteiger partial charge in [0.2, 0.25) is 0 Å². The molecule has 1 spiro atoms. The van der Waals surface area contributed by atoms with Gasteiger partial charge in [-0.25, -0.2) is 0 Å². The number of piperidine rings is 1. The first-order chi connectivity index (χ1) is 8.71. The van der Waals surface area contributed by atoms with E-state index in [4.69, 9.17) is 4.74 Å². The number of nitrogens with zero attached hydrogens (tertiary/aromatic N) is 2. The van der Waals surface area contributed by atoms with E-state index in [-0.39, 0.29) is 17.3 Å². The van der Waals surface area contributed by atoms with E-state index in [0.29, 0.717) is 0 Å². The summed E-state index contributed by atoms with van der Waals surface area (Å²) < 4.78 is 5.67. The highest BCUT2D eigenvalue weighted by Gasteiger charge is 2.49. The molecule has 1 N–H and O–H groups in total. The van der Waals surface area contributed by atoms with E-state index in [9.17, 15) is 10.1 Å². The molecule has 1 unspecified atom stereocenters. The number of hydrogen-bond donors (Lipinski definition) is 1. The average molecular weight is 249 g/mol. The molecule has 2 aliphatic rings. The first-order valence-corrected chi connectivity index (χ1v) is 6.14. The molecular formula is C12H15N3O3. The summed E-state index contributed by atoms with van der Waals surface area (Å²) in [6.45, 7) is 2.82.